The number of nitrogens with one attached hydrogen (secondary N) is 1. The summed E-state index contributed by atoms with van der Waals surface area (Å²) in [5.74, 6) is 0.290. The first-order chi connectivity index (χ1) is 8.97. The number of carbonyl (C=O) groups is 1. The fourth-order valence-electron chi connectivity index (χ4n) is 2.34. The summed E-state index contributed by atoms with van der Waals surface area (Å²) in [7, 11) is 1.46. The van der Waals surface area contributed by atoms with E-state index < -0.39 is 9.05 Å². The predicted octanol–water partition coefficient (Wildman–Crippen LogP) is 2.53. The minimum absolute atomic E-state index is 0.0531. The van der Waals surface area contributed by atoms with Crippen molar-refractivity contribution in [1.82, 2.24) is 5.32 Å². The Bertz CT molecular complexity index is 565. The zero-order valence-corrected chi connectivity index (χ0v) is 12.0. The molecule has 1 aromatic carbocycles. The van der Waals surface area contributed by atoms with Crippen LogP contribution in [-0.4, -0.2) is 20.9 Å². The Kier molecular flexibility index (Phi) is 4.47. The summed E-state index contributed by atoms with van der Waals surface area (Å²) in [4.78, 5) is 11.9. The van der Waals surface area contributed by atoms with Crippen LogP contribution in [0, 0.1) is 5.92 Å². The van der Waals surface area contributed by atoms with Gasteiger partial charge in [0.25, 0.3) is 15.0 Å². The van der Waals surface area contributed by atoms with E-state index in [2.05, 4.69) is 5.32 Å². The van der Waals surface area contributed by atoms with Gasteiger partial charge in [-0.05, 0) is 37.0 Å². The minimum atomic E-state index is -3.80. The highest BCUT2D eigenvalue weighted by atomic mass is 35.7. The van der Waals surface area contributed by atoms with Gasteiger partial charge in [0.1, 0.15) is 0 Å². The average Bonchev–Trinajstić information content (AvgIpc) is 2.88. The Hall–Kier alpha value is -1.07. The maximum atomic E-state index is 11.9. The number of amides is 1. The molecule has 0 saturated heterocycles. The van der Waals surface area contributed by atoms with E-state index in [1.165, 1.54) is 31.0 Å². The second-order valence-corrected chi connectivity index (χ2v) is 7.39. The van der Waals surface area contributed by atoms with Gasteiger partial charge in [-0.2, -0.15) is 0 Å². The lowest BCUT2D eigenvalue weighted by Gasteiger charge is -2.10. The number of hydrogen-bond donors (Lipinski definition) is 1. The van der Waals surface area contributed by atoms with Crippen molar-refractivity contribution in [2.24, 2.45) is 5.92 Å². The zero-order valence-electron chi connectivity index (χ0n) is 10.4. The van der Waals surface area contributed by atoms with Crippen LogP contribution in [0.3, 0.4) is 0 Å². The second-order valence-electron chi connectivity index (χ2n) is 4.83. The lowest BCUT2D eigenvalue weighted by Crippen LogP contribution is -2.28. The van der Waals surface area contributed by atoms with E-state index in [-0.39, 0.29) is 10.8 Å². The fourth-order valence-corrected chi connectivity index (χ4v) is 3.14. The van der Waals surface area contributed by atoms with Crippen molar-refractivity contribution in [2.45, 2.75) is 30.6 Å². The molecule has 0 radical (unpaired) electrons. The van der Waals surface area contributed by atoms with Gasteiger partial charge in [0, 0.05) is 22.8 Å². The molecule has 0 heterocycles. The molecule has 1 aromatic rings. The molecule has 19 heavy (non-hydrogen) atoms. The maximum absolute atomic E-state index is 11.9. The average molecular weight is 302 g/mol. The molecule has 1 aliphatic rings. The third-order valence-corrected chi connectivity index (χ3v) is 4.76. The molecule has 1 amide bonds. The van der Waals surface area contributed by atoms with Gasteiger partial charge in [-0.25, -0.2) is 8.42 Å². The Morgan fingerprint density at radius 2 is 2.00 bits per heavy atom. The molecule has 104 valence electrons. The van der Waals surface area contributed by atoms with Crippen molar-refractivity contribution in [3.8, 4) is 0 Å². The lowest BCUT2D eigenvalue weighted by atomic mass is 10.1. The van der Waals surface area contributed by atoms with Crippen molar-refractivity contribution >= 4 is 25.6 Å². The summed E-state index contributed by atoms with van der Waals surface area (Å²) in [5.41, 5.74) is 0.319. The number of hydrogen-bond acceptors (Lipinski definition) is 3. The molecule has 0 spiro atoms. The van der Waals surface area contributed by atoms with E-state index in [4.69, 9.17) is 10.7 Å². The highest BCUT2D eigenvalue weighted by Gasteiger charge is 2.17. The highest BCUT2D eigenvalue weighted by molar-refractivity contribution is 8.13. The standard InChI is InChI=1S/C13H16ClNO3S/c14-19(17,18)12-7-3-6-11(8-12)13(16)15-9-10-4-1-2-5-10/h3,6-8,10H,1-2,4-5,9H2,(H,15,16). The van der Waals surface area contributed by atoms with Gasteiger partial charge < -0.3 is 5.32 Å². The third-order valence-electron chi connectivity index (χ3n) is 3.40. The summed E-state index contributed by atoms with van der Waals surface area (Å²) in [6.45, 7) is 0.649. The number of halogens is 1. The first-order valence-corrected chi connectivity index (χ1v) is 8.60. The first-order valence-electron chi connectivity index (χ1n) is 6.30. The molecule has 1 fully saturated rings. The van der Waals surface area contributed by atoms with Crippen molar-refractivity contribution in [1.29, 1.82) is 0 Å². The van der Waals surface area contributed by atoms with E-state index in [1.807, 2.05) is 0 Å². The van der Waals surface area contributed by atoms with Crippen LogP contribution in [0.15, 0.2) is 29.2 Å². The zero-order chi connectivity index (χ0) is 13.9. The van der Waals surface area contributed by atoms with Crippen molar-refractivity contribution in [2.75, 3.05) is 6.54 Å². The van der Waals surface area contributed by atoms with E-state index >= 15 is 0 Å². The highest BCUT2D eigenvalue weighted by Crippen LogP contribution is 2.24. The van der Waals surface area contributed by atoms with Crippen molar-refractivity contribution in [3.63, 3.8) is 0 Å². The van der Waals surface area contributed by atoms with Gasteiger partial charge >= 0.3 is 0 Å². The number of benzene rings is 1. The normalized spacial score (nSPS) is 16.5. The van der Waals surface area contributed by atoms with Gasteiger partial charge in [0.15, 0.2) is 0 Å². The molecule has 0 aliphatic heterocycles. The van der Waals surface area contributed by atoms with Crippen LogP contribution in [-0.2, 0) is 9.05 Å². The number of carbonyl (C=O) groups excluding carboxylic acids is 1. The SMILES string of the molecule is O=C(NCC1CCCC1)c1cccc(S(=O)(=O)Cl)c1. The first kappa shape index (κ1) is 14.3. The topological polar surface area (TPSA) is 63.2 Å². The van der Waals surface area contributed by atoms with Crippen LogP contribution in [0.4, 0.5) is 0 Å². The van der Waals surface area contributed by atoms with E-state index in [0.29, 0.717) is 18.0 Å². The van der Waals surface area contributed by atoms with E-state index in [0.717, 1.165) is 12.8 Å². The maximum Gasteiger partial charge on any atom is 0.261 e. The van der Waals surface area contributed by atoms with Gasteiger partial charge in [0.05, 0.1) is 4.90 Å². The Morgan fingerprint density at radius 1 is 1.32 bits per heavy atom. The van der Waals surface area contributed by atoms with Crippen LogP contribution in [0.5, 0.6) is 0 Å². The van der Waals surface area contributed by atoms with Crippen molar-refractivity contribution in [3.05, 3.63) is 29.8 Å². The van der Waals surface area contributed by atoms with E-state index in [1.54, 1.807) is 6.07 Å². The van der Waals surface area contributed by atoms with Gasteiger partial charge in [-0.1, -0.05) is 18.9 Å². The van der Waals surface area contributed by atoms with Crippen LogP contribution < -0.4 is 5.32 Å². The molecule has 0 atom stereocenters. The monoisotopic (exact) mass is 301 g/mol. The summed E-state index contributed by atoms with van der Waals surface area (Å²) < 4.78 is 22.4. The van der Waals surface area contributed by atoms with Crippen LogP contribution in [0.2, 0.25) is 0 Å². The quantitative estimate of drug-likeness (QED) is 0.869. The van der Waals surface area contributed by atoms with E-state index in [9.17, 15) is 13.2 Å². The Morgan fingerprint density at radius 3 is 2.63 bits per heavy atom. The lowest BCUT2D eigenvalue weighted by molar-refractivity contribution is 0.0947. The molecule has 4 nitrogen and oxygen atoms in total. The number of rotatable bonds is 4. The van der Waals surface area contributed by atoms with Gasteiger partial charge in [-0.3, -0.25) is 4.79 Å². The molecule has 0 bridgehead atoms. The molecule has 2 rings (SSSR count). The summed E-state index contributed by atoms with van der Waals surface area (Å²) in [6, 6.07) is 5.76. The van der Waals surface area contributed by atoms with Crippen LogP contribution in [0.25, 0.3) is 0 Å². The van der Waals surface area contributed by atoms with Gasteiger partial charge in [-0.15, -0.1) is 0 Å². The molecule has 1 aliphatic carbocycles. The Labute approximate surface area is 117 Å². The van der Waals surface area contributed by atoms with Crippen molar-refractivity contribution < 1.29 is 13.2 Å². The Balaban J connectivity index is 2.02. The summed E-state index contributed by atoms with van der Waals surface area (Å²) >= 11 is 0. The third kappa shape index (κ3) is 3.94. The summed E-state index contributed by atoms with van der Waals surface area (Å²) in [5, 5.41) is 2.84. The molecule has 6 heteroatoms. The second kappa shape index (κ2) is 5.92. The summed E-state index contributed by atoms with van der Waals surface area (Å²) in [6.07, 6.45) is 4.74. The van der Waals surface area contributed by atoms with Crippen LogP contribution >= 0.6 is 10.7 Å². The molecular formula is C13H16ClNO3S. The predicted molar refractivity (Wildman–Crippen MR) is 73.8 cm³/mol. The fraction of sp³-hybridized carbons (Fsp3) is 0.462. The van der Waals surface area contributed by atoms with Crippen LogP contribution in [0.1, 0.15) is 36.0 Å². The molecule has 0 aromatic heterocycles. The van der Waals surface area contributed by atoms with Gasteiger partial charge in [0.2, 0.25) is 0 Å². The largest absolute Gasteiger partial charge is 0.352 e. The molecule has 1 saturated carbocycles. The minimum Gasteiger partial charge on any atom is -0.352 e. The molecular weight excluding hydrogens is 286 g/mol. The molecule has 0 unspecified atom stereocenters. The molecule has 1 N–H and O–H groups in total. The smallest absolute Gasteiger partial charge is 0.261 e.